The molecule has 0 aliphatic rings. The van der Waals surface area contributed by atoms with Gasteiger partial charge in [0.1, 0.15) is 6.04 Å². The minimum Gasteiger partial charge on any atom is -0.459 e. The van der Waals surface area contributed by atoms with Gasteiger partial charge >= 0.3 is 11.9 Å². The van der Waals surface area contributed by atoms with E-state index in [1.807, 2.05) is 0 Å². The number of hydrogen-bond donors (Lipinski definition) is 0. The molecule has 0 fully saturated rings. The molecule has 0 unspecified atom stereocenters. The standard InChI is InChI=1S/C11H13NO4/c1-12(2)9(5-7-10(13)15-3)6-8-11(14)16-4/h9H,1-4H3. The fourth-order valence-electron chi connectivity index (χ4n) is 0.651. The van der Waals surface area contributed by atoms with E-state index < -0.39 is 18.0 Å². The summed E-state index contributed by atoms with van der Waals surface area (Å²) in [7, 11) is 5.93. The number of ether oxygens (including phenoxy) is 2. The number of methoxy groups -OCH3 is 2. The van der Waals surface area contributed by atoms with Crippen LogP contribution in [0.15, 0.2) is 0 Å². The van der Waals surface area contributed by atoms with Gasteiger partial charge in [-0.25, -0.2) is 9.59 Å². The maximum absolute atomic E-state index is 10.8. The molecule has 0 radical (unpaired) electrons. The lowest BCUT2D eigenvalue weighted by molar-refractivity contribution is -0.134. The summed E-state index contributed by atoms with van der Waals surface area (Å²) in [4.78, 5) is 23.2. The molecule has 0 spiro atoms. The van der Waals surface area contributed by atoms with Crippen molar-refractivity contribution >= 4 is 11.9 Å². The van der Waals surface area contributed by atoms with Crippen LogP contribution in [-0.2, 0) is 19.1 Å². The normalized spacial score (nSPS) is 8.62. The second-order valence-corrected chi connectivity index (χ2v) is 2.89. The van der Waals surface area contributed by atoms with Crippen molar-refractivity contribution in [1.82, 2.24) is 4.90 Å². The van der Waals surface area contributed by atoms with Crippen molar-refractivity contribution in [2.24, 2.45) is 0 Å². The van der Waals surface area contributed by atoms with E-state index in [9.17, 15) is 9.59 Å². The maximum Gasteiger partial charge on any atom is 0.384 e. The molecule has 5 nitrogen and oxygen atoms in total. The first-order valence-electron chi connectivity index (χ1n) is 4.36. The van der Waals surface area contributed by atoms with E-state index in [1.54, 1.807) is 19.0 Å². The topological polar surface area (TPSA) is 55.8 Å². The average Bonchev–Trinajstić information content (AvgIpc) is 2.27. The lowest BCUT2D eigenvalue weighted by Crippen LogP contribution is -2.25. The van der Waals surface area contributed by atoms with Crippen LogP contribution < -0.4 is 0 Å². The zero-order chi connectivity index (χ0) is 12.6. The first-order chi connectivity index (χ1) is 7.51. The van der Waals surface area contributed by atoms with Crippen LogP contribution in [-0.4, -0.2) is 51.2 Å². The van der Waals surface area contributed by atoms with Crippen LogP contribution in [0.4, 0.5) is 0 Å². The first kappa shape index (κ1) is 14.0. The number of nitrogens with zero attached hydrogens (tertiary/aromatic N) is 1. The summed E-state index contributed by atoms with van der Waals surface area (Å²) in [6.45, 7) is 0. The third-order valence-corrected chi connectivity index (χ3v) is 1.51. The van der Waals surface area contributed by atoms with Crippen LogP contribution >= 0.6 is 0 Å². The third kappa shape index (κ3) is 5.69. The molecule has 0 aliphatic carbocycles. The van der Waals surface area contributed by atoms with Gasteiger partial charge in [-0.2, -0.15) is 0 Å². The smallest absolute Gasteiger partial charge is 0.384 e. The highest BCUT2D eigenvalue weighted by molar-refractivity contribution is 5.89. The number of carbonyl (C=O) groups is 2. The zero-order valence-corrected chi connectivity index (χ0v) is 9.66. The Hall–Kier alpha value is -1.98. The van der Waals surface area contributed by atoms with Crippen LogP contribution in [0.2, 0.25) is 0 Å². The van der Waals surface area contributed by atoms with Crippen molar-refractivity contribution in [2.75, 3.05) is 28.3 Å². The lowest BCUT2D eigenvalue weighted by atomic mass is 10.3. The summed E-state index contributed by atoms with van der Waals surface area (Å²) in [5.41, 5.74) is 0. The second-order valence-electron chi connectivity index (χ2n) is 2.89. The van der Waals surface area contributed by atoms with Gasteiger partial charge in [-0.15, -0.1) is 0 Å². The largest absolute Gasteiger partial charge is 0.459 e. The van der Waals surface area contributed by atoms with E-state index in [0.717, 1.165) is 0 Å². The average molecular weight is 223 g/mol. The van der Waals surface area contributed by atoms with Crippen molar-refractivity contribution in [3.8, 4) is 23.7 Å². The van der Waals surface area contributed by atoms with Gasteiger partial charge in [0, 0.05) is 11.8 Å². The number of esters is 2. The van der Waals surface area contributed by atoms with Crippen LogP contribution in [0.1, 0.15) is 0 Å². The lowest BCUT2D eigenvalue weighted by Gasteiger charge is -2.11. The highest BCUT2D eigenvalue weighted by Crippen LogP contribution is 1.89. The summed E-state index contributed by atoms with van der Waals surface area (Å²) >= 11 is 0. The van der Waals surface area contributed by atoms with Gasteiger partial charge in [-0.1, -0.05) is 11.8 Å². The van der Waals surface area contributed by atoms with E-state index in [0.29, 0.717) is 0 Å². The van der Waals surface area contributed by atoms with Crippen molar-refractivity contribution < 1.29 is 19.1 Å². The van der Waals surface area contributed by atoms with Gasteiger partial charge in [-0.05, 0) is 14.1 Å². The molecular weight excluding hydrogens is 210 g/mol. The van der Waals surface area contributed by atoms with Gasteiger partial charge < -0.3 is 9.47 Å². The summed E-state index contributed by atoms with van der Waals surface area (Å²) in [5, 5.41) is 0. The summed E-state index contributed by atoms with van der Waals surface area (Å²) < 4.78 is 8.71. The molecule has 0 aromatic heterocycles. The van der Waals surface area contributed by atoms with Crippen LogP contribution in [0, 0.1) is 23.7 Å². The summed E-state index contributed by atoms with van der Waals surface area (Å²) in [6.07, 6.45) is 0. The molecule has 0 rings (SSSR count). The number of hydrogen-bond acceptors (Lipinski definition) is 5. The van der Waals surface area contributed by atoms with E-state index in [1.165, 1.54) is 14.2 Å². The monoisotopic (exact) mass is 223 g/mol. The van der Waals surface area contributed by atoms with Gasteiger partial charge in [-0.3, -0.25) is 4.90 Å². The molecule has 0 aliphatic heterocycles. The van der Waals surface area contributed by atoms with Crippen molar-refractivity contribution in [3.63, 3.8) is 0 Å². The SMILES string of the molecule is COC(=O)C#CC(C#CC(=O)OC)N(C)C. The molecular formula is C11H13NO4. The Kier molecular flexibility index (Phi) is 6.42. The predicted octanol–water partition coefficient (Wildman–Crippen LogP) is -0.731. The predicted molar refractivity (Wildman–Crippen MR) is 57.1 cm³/mol. The highest BCUT2D eigenvalue weighted by Gasteiger charge is 2.04. The Morgan fingerprint density at radius 1 is 1.00 bits per heavy atom. The Labute approximate surface area is 94.7 Å². The Balaban J connectivity index is 4.72. The minimum absolute atomic E-state index is 0.529. The quantitative estimate of drug-likeness (QED) is 0.333. The summed E-state index contributed by atoms with van der Waals surface area (Å²) in [6, 6.07) is -0.529. The Bertz CT molecular complexity index is 344. The Morgan fingerprint density at radius 3 is 1.62 bits per heavy atom. The van der Waals surface area contributed by atoms with E-state index in [4.69, 9.17) is 0 Å². The summed E-state index contributed by atoms with van der Waals surface area (Å²) in [5.74, 6) is 8.34. The molecule has 0 aromatic rings. The second kappa shape index (κ2) is 7.33. The van der Waals surface area contributed by atoms with Crippen molar-refractivity contribution in [1.29, 1.82) is 0 Å². The van der Waals surface area contributed by atoms with Gasteiger partial charge in [0.15, 0.2) is 0 Å². The molecule has 5 heteroatoms. The molecule has 16 heavy (non-hydrogen) atoms. The molecule has 0 saturated carbocycles. The fourth-order valence-corrected chi connectivity index (χ4v) is 0.651. The van der Waals surface area contributed by atoms with E-state index in [2.05, 4.69) is 33.2 Å². The van der Waals surface area contributed by atoms with Crippen LogP contribution in [0.3, 0.4) is 0 Å². The molecule has 0 saturated heterocycles. The van der Waals surface area contributed by atoms with E-state index >= 15 is 0 Å². The first-order valence-corrected chi connectivity index (χ1v) is 4.36. The van der Waals surface area contributed by atoms with Crippen molar-refractivity contribution in [3.05, 3.63) is 0 Å². The maximum atomic E-state index is 10.8. The van der Waals surface area contributed by atoms with Crippen LogP contribution in [0.5, 0.6) is 0 Å². The minimum atomic E-state index is -0.647. The van der Waals surface area contributed by atoms with Gasteiger partial charge in [0.05, 0.1) is 14.2 Å². The molecule has 0 heterocycles. The number of rotatable bonds is 1. The molecule has 0 atom stereocenters. The molecule has 86 valence electrons. The zero-order valence-electron chi connectivity index (χ0n) is 9.66. The molecule has 0 aromatic carbocycles. The van der Waals surface area contributed by atoms with Crippen molar-refractivity contribution in [2.45, 2.75) is 6.04 Å². The molecule has 0 amide bonds. The van der Waals surface area contributed by atoms with Gasteiger partial charge in [0.25, 0.3) is 0 Å². The number of carbonyl (C=O) groups excluding carboxylic acids is 2. The third-order valence-electron chi connectivity index (χ3n) is 1.51. The Morgan fingerprint density at radius 2 is 1.38 bits per heavy atom. The molecule has 0 bridgehead atoms. The van der Waals surface area contributed by atoms with E-state index in [-0.39, 0.29) is 0 Å². The van der Waals surface area contributed by atoms with Gasteiger partial charge in [0.2, 0.25) is 0 Å². The highest BCUT2D eigenvalue weighted by atomic mass is 16.5. The van der Waals surface area contributed by atoms with Crippen LogP contribution in [0.25, 0.3) is 0 Å². The fraction of sp³-hybridized carbons (Fsp3) is 0.455. The molecule has 0 N–H and O–H groups in total.